The quantitative estimate of drug-likeness (QED) is 0.301. The number of hydrogen-bond donors (Lipinski definition) is 3. The van der Waals surface area contributed by atoms with Crippen LogP contribution >= 0.6 is 0 Å². The number of rotatable bonds is 12. The molecule has 3 N–H and O–H groups in total. The van der Waals surface area contributed by atoms with Crippen molar-refractivity contribution in [1.82, 2.24) is 0 Å². The van der Waals surface area contributed by atoms with Crippen molar-refractivity contribution in [3.63, 3.8) is 0 Å². The molecule has 0 radical (unpaired) electrons. The lowest BCUT2D eigenvalue weighted by atomic mass is 10.2. The van der Waals surface area contributed by atoms with E-state index >= 15 is 0 Å². The third kappa shape index (κ3) is 8.33. The number of hydrogen-bond acceptors (Lipinski definition) is 4. The minimum absolute atomic E-state index is 0.123. The lowest BCUT2D eigenvalue weighted by Gasteiger charge is -2.11. The van der Waals surface area contributed by atoms with Crippen molar-refractivity contribution in [1.29, 1.82) is 0 Å². The molecule has 3 aromatic carbocycles. The normalized spacial score (nSPS) is 10.3. The summed E-state index contributed by atoms with van der Waals surface area (Å²) in [6.07, 6.45) is 4.70. The van der Waals surface area contributed by atoms with E-state index in [9.17, 15) is 9.59 Å². The number of anilines is 3. The van der Waals surface area contributed by atoms with E-state index in [2.05, 4.69) is 22.9 Å². The number of nitrogens with one attached hydrogen (secondary N) is 3. The Morgan fingerprint density at radius 2 is 1.48 bits per heavy atom. The second-order valence-corrected chi connectivity index (χ2v) is 7.74. The van der Waals surface area contributed by atoms with Gasteiger partial charge in [-0.25, -0.2) is 0 Å². The highest BCUT2D eigenvalue weighted by molar-refractivity contribution is 6.04. The zero-order chi connectivity index (χ0) is 23.3. The molecule has 0 aliphatic rings. The Kier molecular flexibility index (Phi) is 9.33. The summed E-state index contributed by atoms with van der Waals surface area (Å²) in [6.45, 7) is 3.04. The number of carbonyl (C=O) groups is 2. The monoisotopic (exact) mass is 445 g/mol. The molecule has 0 fully saturated rings. The van der Waals surface area contributed by atoms with Crippen LogP contribution in [0.2, 0.25) is 0 Å². The lowest BCUT2D eigenvalue weighted by molar-refractivity contribution is -0.114. The van der Waals surface area contributed by atoms with Gasteiger partial charge in [0, 0.05) is 22.6 Å². The van der Waals surface area contributed by atoms with Gasteiger partial charge in [-0.15, -0.1) is 0 Å². The highest BCUT2D eigenvalue weighted by atomic mass is 16.5. The molecule has 3 rings (SSSR count). The van der Waals surface area contributed by atoms with Crippen LogP contribution in [0.5, 0.6) is 5.75 Å². The van der Waals surface area contributed by atoms with Gasteiger partial charge >= 0.3 is 0 Å². The predicted molar refractivity (Wildman–Crippen MR) is 134 cm³/mol. The Labute approximate surface area is 195 Å². The van der Waals surface area contributed by atoms with Crippen molar-refractivity contribution < 1.29 is 14.3 Å². The summed E-state index contributed by atoms with van der Waals surface area (Å²) in [7, 11) is 0. The molecule has 0 atom stereocenters. The van der Waals surface area contributed by atoms with Gasteiger partial charge in [0.15, 0.2) is 0 Å². The van der Waals surface area contributed by atoms with E-state index in [0.29, 0.717) is 16.9 Å². The average molecular weight is 446 g/mol. The Bertz CT molecular complexity index is 1020. The van der Waals surface area contributed by atoms with E-state index in [1.165, 1.54) is 19.3 Å². The summed E-state index contributed by atoms with van der Waals surface area (Å²) >= 11 is 0. The molecule has 0 aromatic heterocycles. The molecule has 2 amide bonds. The predicted octanol–water partition coefficient (Wildman–Crippen LogP) is 5.95. The van der Waals surface area contributed by atoms with Crippen molar-refractivity contribution >= 4 is 28.9 Å². The smallest absolute Gasteiger partial charge is 0.255 e. The maximum Gasteiger partial charge on any atom is 0.255 e. The van der Waals surface area contributed by atoms with Gasteiger partial charge in [-0.05, 0) is 61.0 Å². The summed E-state index contributed by atoms with van der Waals surface area (Å²) in [5.74, 6) is 0.447. The van der Waals surface area contributed by atoms with Crippen molar-refractivity contribution in [2.75, 3.05) is 29.1 Å². The van der Waals surface area contributed by atoms with E-state index in [-0.39, 0.29) is 18.4 Å². The molecule has 0 aliphatic carbocycles. The molecule has 0 aliphatic heterocycles. The minimum Gasteiger partial charge on any atom is -0.494 e. The van der Waals surface area contributed by atoms with Gasteiger partial charge in [0.25, 0.3) is 5.91 Å². The first-order valence-electron chi connectivity index (χ1n) is 11.4. The second kappa shape index (κ2) is 12.9. The minimum atomic E-state index is -0.200. The zero-order valence-electron chi connectivity index (χ0n) is 19.0. The fraction of sp³-hybridized carbons (Fsp3) is 0.259. The first-order chi connectivity index (χ1) is 16.1. The molecule has 0 unspecified atom stereocenters. The first-order valence-corrected chi connectivity index (χ1v) is 11.4. The Morgan fingerprint density at radius 1 is 0.758 bits per heavy atom. The fourth-order valence-electron chi connectivity index (χ4n) is 3.24. The number of carbonyl (C=O) groups excluding carboxylic acids is 2. The summed E-state index contributed by atoms with van der Waals surface area (Å²) in [6, 6.07) is 23.7. The van der Waals surface area contributed by atoms with E-state index < -0.39 is 0 Å². The molecule has 33 heavy (non-hydrogen) atoms. The fourth-order valence-corrected chi connectivity index (χ4v) is 3.24. The summed E-state index contributed by atoms with van der Waals surface area (Å²) in [5, 5.41) is 8.79. The van der Waals surface area contributed by atoms with Crippen LogP contribution in [0.15, 0.2) is 78.9 Å². The molecular formula is C27H31N3O3. The van der Waals surface area contributed by atoms with Crippen LogP contribution in [-0.2, 0) is 4.79 Å². The van der Waals surface area contributed by atoms with Gasteiger partial charge in [0.2, 0.25) is 5.91 Å². The van der Waals surface area contributed by atoms with Gasteiger partial charge in [-0.2, -0.15) is 0 Å². The van der Waals surface area contributed by atoms with Crippen LogP contribution in [0.4, 0.5) is 17.1 Å². The van der Waals surface area contributed by atoms with Gasteiger partial charge in [0.05, 0.1) is 13.2 Å². The molecule has 6 nitrogen and oxygen atoms in total. The molecular weight excluding hydrogens is 414 g/mol. The van der Waals surface area contributed by atoms with Crippen LogP contribution < -0.4 is 20.7 Å². The summed E-state index contributed by atoms with van der Waals surface area (Å²) in [5.41, 5.74) is 2.63. The van der Waals surface area contributed by atoms with Gasteiger partial charge in [-0.1, -0.05) is 50.5 Å². The summed E-state index contributed by atoms with van der Waals surface area (Å²) < 4.78 is 5.74. The Morgan fingerprint density at radius 3 is 2.21 bits per heavy atom. The van der Waals surface area contributed by atoms with Gasteiger partial charge in [0.1, 0.15) is 5.75 Å². The van der Waals surface area contributed by atoms with Crippen LogP contribution in [0.25, 0.3) is 0 Å². The maximum atomic E-state index is 12.3. The largest absolute Gasteiger partial charge is 0.494 e. The third-order valence-electron chi connectivity index (χ3n) is 5.01. The lowest BCUT2D eigenvalue weighted by Crippen LogP contribution is -2.21. The number of ether oxygens (including phenoxy) is 1. The van der Waals surface area contributed by atoms with Crippen LogP contribution in [0.3, 0.4) is 0 Å². The summed E-state index contributed by atoms with van der Waals surface area (Å²) in [4.78, 5) is 24.7. The van der Waals surface area contributed by atoms with Crippen molar-refractivity contribution in [3.8, 4) is 5.75 Å². The standard InChI is InChI=1S/C27H31N3O3/c1-2-3-4-8-18-33-25-16-14-22(15-17-25)28-20-26(31)29-23-12-9-13-24(19-23)30-27(32)21-10-6-5-7-11-21/h5-7,9-17,19,28H,2-4,8,18,20H2,1H3,(H,29,31)(H,30,32). The van der Waals surface area contributed by atoms with Crippen LogP contribution in [0.1, 0.15) is 43.0 Å². The average Bonchev–Trinajstić information content (AvgIpc) is 2.84. The van der Waals surface area contributed by atoms with Crippen LogP contribution in [0, 0.1) is 0 Å². The number of amides is 2. The third-order valence-corrected chi connectivity index (χ3v) is 5.01. The molecule has 172 valence electrons. The molecule has 0 heterocycles. The van der Waals surface area contributed by atoms with Crippen molar-refractivity contribution in [3.05, 3.63) is 84.4 Å². The number of benzene rings is 3. The molecule has 0 saturated heterocycles. The topological polar surface area (TPSA) is 79.5 Å². The molecule has 0 saturated carbocycles. The van der Waals surface area contributed by atoms with Crippen molar-refractivity contribution in [2.45, 2.75) is 32.6 Å². The molecule has 3 aromatic rings. The zero-order valence-corrected chi connectivity index (χ0v) is 19.0. The molecule has 0 spiro atoms. The number of unbranched alkanes of at least 4 members (excludes halogenated alkanes) is 3. The Balaban J connectivity index is 1.43. The van der Waals surface area contributed by atoms with Crippen LogP contribution in [-0.4, -0.2) is 25.0 Å². The maximum absolute atomic E-state index is 12.3. The van der Waals surface area contributed by atoms with Crippen molar-refractivity contribution in [2.24, 2.45) is 0 Å². The van der Waals surface area contributed by atoms with E-state index in [4.69, 9.17) is 4.74 Å². The first kappa shape index (κ1) is 23.9. The van der Waals surface area contributed by atoms with Gasteiger partial charge in [-0.3, -0.25) is 9.59 Å². The van der Waals surface area contributed by atoms with E-state index in [1.807, 2.05) is 42.5 Å². The molecule has 0 bridgehead atoms. The molecule has 6 heteroatoms. The highest BCUT2D eigenvalue weighted by Gasteiger charge is 2.07. The van der Waals surface area contributed by atoms with E-state index in [1.54, 1.807) is 36.4 Å². The van der Waals surface area contributed by atoms with Gasteiger partial charge < -0.3 is 20.7 Å². The Hall–Kier alpha value is -3.80. The highest BCUT2D eigenvalue weighted by Crippen LogP contribution is 2.18. The second-order valence-electron chi connectivity index (χ2n) is 7.74. The van der Waals surface area contributed by atoms with E-state index in [0.717, 1.165) is 24.5 Å². The SMILES string of the molecule is CCCCCCOc1ccc(NCC(=O)Nc2cccc(NC(=O)c3ccccc3)c2)cc1.